The lowest BCUT2D eigenvalue weighted by Gasteiger charge is -2.16. The molecule has 0 radical (unpaired) electrons. The van der Waals surface area contributed by atoms with Crippen LogP contribution in [0.3, 0.4) is 0 Å². The first-order valence-corrected chi connectivity index (χ1v) is 4.28. The van der Waals surface area contributed by atoms with E-state index in [4.69, 9.17) is 9.47 Å². The number of hydrogen-bond acceptors (Lipinski definition) is 3. The Hall–Kier alpha value is -0.410. The Bertz CT molecular complexity index is 121. The summed E-state index contributed by atoms with van der Waals surface area (Å²) in [6.07, 6.45) is 0.564. The zero-order chi connectivity index (χ0) is 9.56. The van der Waals surface area contributed by atoms with E-state index in [0.717, 1.165) is 6.29 Å². The average molecular weight is 174 g/mol. The maximum Gasteiger partial charge on any atom is 0.151 e. The van der Waals surface area contributed by atoms with E-state index in [9.17, 15) is 4.79 Å². The molecule has 3 nitrogen and oxygen atoms in total. The third-order valence-corrected chi connectivity index (χ3v) is 1.19. The molecule has 0 aliphatic rings. The van der Waals surface area contributed by atoms with Crippen LogP contribution in [0.25, 0.3) is 0 Å². The quantitative estimate of drug-likeness (QED) is 0.571. The zero-order valence-electron chi connectivity index (χ0n) is 8.24. The molecular formula is C9H18O3. The minimum absolute atomic E-state index is 0.0657. The fourth-order valence-electron chi connectivity index (χ4n) is 0.748. The van der Waals surface area contributed by atoms with E-state index in [-0.39, 0.29) is 12.2 Å². The van der Waals surface area contributed by atoms with E-state index in [1.807, 2.05) is 27.7 Å². The Kier molecular flexibility index (Phi) is 5.93. The molecule has 0 amide bonds. The minimum atomic E-state index is -0.424. The van der Waals surface area contributed by atoms with E-state index in [1.165, 1.54) is 0 Å². The fourth-order valence-corrected chi connectivity index (χ4v) is 0.748. The highest BCUT2D eigenvalue weighted by molar-refractivity contribution is 5.56. The van der Waals surface area contributed by atoms with Gasteiger partial charge in [0.25, 0.3) is 0 Å². The molecule has 72 valence electrons. The Balaban J connectivity index is 3.60. The summed E-state index contributed by atoms with van der Waals surface area (Å²) < 4.78 is 10.5. The van der Waals surface area contributed by atoms with Gasteiger partial charge in [-0.25, -0.2) is 0 Å². The SMILES string of the molecule is CC(C)OC[C@@H](C=O)OC(C)C. The van der Waals surface area contributed by atoms with Gasteiger partial charge in [0.15, 0.2) is 6.29 Å². The summed E-state index contributed by atoms with van der Waals surface area (Å²) >= 11 is 0. The molecule has 0 fully saturated rings. The second-order valence-corrected chi connectivity index (χ2v) is 3.24. The van der Waals surface area contributed by atoms with Gasteiger partial charge in [0, 0.05) is 0 Å². The third-order valence-electron chi connectivity index (χ3n) is 1.19. The summed E-state index contributed by atoms with van der Waals surface area (Å²) in [6, 6.07) is 0. The molecule has 0 bridgehead atoms. The molecule has 3 heteroatoms. The van der Waals surface area contributed by atoms with E-state index in [2.05, 4.69) is 0 Å². The number of hydrogen-bond donors (Lipinski definition) is 0. The minimum Gasteiger partial charge on any atom is -0.376 e. The van der Waals surface area contributed by atoms with Gasteiger partial charge in [-0.1, -0.05) is 0 Å². The van der Waals surface area contributed by atoms with Crippen molar-refractivity contribution >= 4 is 6.29 Å². The van der Waals surface area contributed by atoms with Crippen LogP contribution < -0.4 is 0 Å². The monoisotopic (exact) mass is 174 g/mol. The highest BCUT2D eigenvalue weighted by Crippen LogP contribution is 1.98. The Morgan fingerprint density at radius 2 is 1.75 bits per heavy atom. The van der Waals surface area contributed by atoms with E-state index in [1.54, 1.807) is 0 Å². The molecule has 0 unspecified atom stereocenters. The lowest BCUT2D eigenvalue weighted by Crippen LogP contribution is -2.26. The highest BCUT2D eigenvalue weighted by Gasteiger charge is 2.10. The van der Waals surface area contributed by atoms with Crippen molar-refractivity contribution in [2.75, 3.05) is 6.61 Å². The Morgan fingerprint density at radius 3 is 2.08 bits per heavy atom. The van der Waals surface area contributed by atoms with Crippen LogP contribution in [-0.2, 0) is 14.3 Å². The molecule has 0 heterocycles. The maximum absolute atomic E-state index is 10.4. The van der Waals surface area contributed by atoms with Crippen LogP contribution in [0, 0.1) is 0 Å². The lowest BCUT2D eigenvalue weighted by molar-refractivity contribution is -0.127. The molecule has 0 rings (SSSR count). The van der Waals surface area contributed by atoms with Gasteiger partial charge in [0.1, 0.15) is 6.10 Å². The summed E-state index contributed by atoms with van der Waals surface area (Å²) in [5, 5.41) is 0. The largest absolute Gasteiger partial charge is 0.376 e. The molecule has 0 spiro atoms. The van der Waals surface area contributed by atoms with Crippen molar-refractivity contribution in [3.8, 4) is 0 Å². The van der Waals surface area contributed by atoms with Gasteiger partial charge in [-0.15, -0.1) is 0 Å². The molecule has 0 aliphatic heterocycles. The van der Waals surface area contributed by atoms with Crippen LogP contribution in [0.2, 0.25) is 0 Å². The molecule has 0 saturated heterocycles. The summed E-state index contributed by atoms with van der Waals surface area (Å²) in [5.41, 5.74) is 0. The van der Waals surface area contributed by atoms with Crippen LogP contribution in [-0.4, -0.2) is 31.2 Å². The number of carbonyl (C=O) groups excluding carboxylic acids is 1. The first-order chi connectivity index (χ1) is 5.56. The number of rotatable bonds is 6. The Labute approximate surface area is 74.0 Å². The molecule has 0 N–H and O–H groups in total. The van der Waals surface area contributed by atoms with Crippen molar-refractivity contribution in [1.29, 1.82) is 0 Å². The predicted octanol–water partition coefficient (Wildman–Crippen LogP) is 1.40. The van der Waals surface area contributed by atoms with Crippen molar-refractivity contribution in [2.45, 2.75) is 46.0 Å². The van der Waals surface area contributed by atoms with Crippen molar-refractivity contribution < 1.29 is 14.3 Å². The first-order valence-electron chi connectivity index (χ1n) is 4.28. The summed E-state index contributed by atoms with van der Waals surface area (Å²) in [7, 11) is 0. The molecule has 0 aromatic heterocycles. The Morgan fingerprint density at radius 1 is 1.17 bits per heavy atom. The standard InChI is InChI=1S/C9H18O3/c1-7(2)11-6-9(5-10)12-8(3)4/h5,7-9H,6H2,1-4H3/t9-/m1/s1. The molecule has 0 aromatic rings. The molecule has 1 atom stereocenters. The van der Waals surface area contributed by atoms with Gasteiger partial charge in [-0.3, -0.25) is 0 Å². The maximum atomic E-state index is 10.4. The molecule has 0 aliphatic carbocycles. The topological polar surface area (TPSA) is 35.5 Å². The molecule has 12 heavy (non-hydrogen) atoms. The van der Waals surface area contributed by atoms with E-state index < -0.39 is 6.10 Å². The van der Waals surface area contributed by atoms with Crippen molar-refractivity contribution in [3.63, 3.8) is 0 Å². The molecular weight excluding hydrogens is 156 g/mol. The predicted molar refractivity (Wildman–Crippen MR) is 47.2 cm³/mol. The van der Waals surface area contributed by atoms with Crippen LogP contribution in [0.5, 0.6) is 0 Å². The van der Waals surface area contributed by atoms with E-state index >= 15 is 0 Å². The average Bonchev–Trinajstić information content (AvgIpc) is 1.97. The summed E-state index contributed by atoms with van der Waals surface area (Å²) in [4.78, 5) is 10.4. The van der Waals surface area contributed by atoms with Gasteiger partial charge >= 0.3 is 0 Å². The van der Waals surface area contributed by atoms with Crippen molar-refractivity contribution in [1.82, 2.24) is 0 Å². The van der Waals surface area contributed by atoms with Crippen molar-refractivity contribution in [2.24, 2.45) is 0 Å². The van der Waals surface area contributed by atoms with Crippen LogP contribution in [0.1, 0.15) is 27.7 Å². The summed E-state index contributed by atoms with van der Waals surface area (Å²) in [5.74, 6) is 0. The highest BCUT2D eigenvalue weighted by atomic mass is 16.5. The summed E-state index contributed by atoms with van der Waals surface area (Å²) in [6.45, 7) is 7.99. The second-order valence-electron chi connectivity index (χ2n) is 3.24. The first kappa shape index (κ1) is 11.6. The van der Waals surface area contributed by atoms with E-state index in [0.29, 0.717) is 6.61 Å². The fraction of sp³-hybridized carbons (Fsp3) is 0.889. The molecule has 0 saturated carbocycles. The number of ether oxygens (including phenoxy) is 2. The lowest BCUT2D eigenvalue weighted by atomic mass is 10.4. The zero-order valence-corrected chi connectivity index (χ0v) is 8.24. The number of carbonyl (C=O) groups is 1. The van der Waals surface area contributed by atoms with Gasteiger partial charge in [-0.2, -0.15) is 0 Å². The van der Waals surface area contributed by atoms with Crippen molar-refractivity contribution in [3.05, 3.63) is 0 Å². The molecule has 0 aromatic carbocycles. The smallest absolute Gasteiger partial charge is 0.151 e. The van der Waals surface area contributed by atoms with Crippen LogP contribution in [0.15, 0.2) is 0 Å². The van der Waals surface area contributed by atoms with Crippen LogP contribution in [0.4, 0.5) is 0 Å². The van der Waals surface area contributed by atoms with Gasteiger partial charge in [0.05, 0.1) is 18.8 Å². The van der Waals surface area contributed by atoms with Gasteiger partial charge in [0.2, 0.25) is 0 Å². The second kappa shape index (κ2) is 6.14. The van der Waals surface area contributed by atoms with Gasteiger partial charge < -0.3 is 14.3 Å². The number of aldehydes is 1. The van der Waals surface area contributed by atoms with Crippen LogP contribution >= 0.6 is 0 Å². The normalized spacial score (nSPS) is 13.8. The van der Waals surface area contributed by atoms with Gasteiger partial charge in [-0.05, 0) is 27.7 Å². The third kappa shape index (κ3) is 6.31.